The molecule has 0 atom stereocenters. The average Bonchev–Trinajstić information content (AvgIpc) is 2.57. The maximum atomic E-state index is 13.1. The van der Waals surface area contributed by atoms with Crippen molar-refractivity contribution in [3.05, 3.63) is 64.3 Å². The van der Waals surface area contributed by atoms with Gasteiger partial charge in [0, 0.05) is 24.8 Å². The molecule has 0 fully saturated rings. The van der Waals surface area contributed by atoms with Crippen LogP contribution in [-0.4, -0.2) is 22.9 Å². The Morgan fingerprint density at radius 1 is 1.11 bits per heavy atom. The van der Waals surface area contributed by atoms with Crippen molar-refractivity contribution in [2.24, 2.45) is 5.73 Å². The molecular formula is C17H15F4N3O3. The summed E-state index contributed by atoms with van der Waals surface area (Å²) in [4.78, 5) is 36.6. The number of carbonyl (C=O) groups is 2. The van der Waals surface area contributed by atoms with E-state index in [1.54, 1.807) is 0 Å². The standard InChI is InChI=1S/C17H15F4N3O3/c18-11-3-5-12(6-4-11)24(9-7-14(22)25)15(26)10-23-8-1-2-13(16(23)27)17(19,20)21/h1-6,8H,7,9-10H2,(H2,22,25). The van der Waals surface area contributed by atoms with Crippen LogP contribution in [0.2, 0.25) is 0 Å². The third kappa shape index (κ3) is 5.16. The number of nitrogens with zero attached hydrogens (tertiary/aromatic N) is 2. The number of benzene rings is 1. The van der Waals surface area contributed by atoms with Gasteiger partial charge in [0.1, 0.15) is 17.9 Å². The Kier molecular flexibility index (Phi) is 5.98. The fourth-order valence-electron chi connectivity index (χ4n) is 2.35. The number of carbonyl (C=O) groups excluding carboxylic acids is 2. The van der Waals surface area contributed by atoms with Crippen molar-refractivity contribution in [1.82, 2.24) is 4.57 Å². The van der Waals surface area contributed by atoms with E-state index in [0.717, 1.165) is 29.3 Å². The van der Waals surface area contributed by atoms with Crippen LogP contribution < -0.4 is 16.2 Å². The quantitative estimate of drug-likeness (QED) is 0.771. The van der Waals surface area contributed by atoms with Crippen molar-refractivity contribution in [2.45, 2.75) is 19.1 Å². The van der Waals surface area contributed by atoms with Crippen LogP contribution in [0.1, 0.15) is 12.0 Å². The molecule has 0 spiro atoms. The van der Waals surface area contributed by atoms with E-state index in [9.17, 15) is 31.9 Å². The predicted octanol–water partition coefficient (Wildman–Crippen LogP) is 1.91. The summed E-state index contributed by atoms with van der Waals surface area (Å²) in [5.41, 5.74) is 2.51. The number of primary amides is 1. The molecule has 0 saturated carbocycles. The van der Waals surface area contributed by atoms with Crippen LogP contribution in [0.5, 0.6) is 0 Å². The van der Waals surface area contributed by atoms with Crippen molar-refractivity contribution in [3.8, 4) is 0 Å². The number of nitrogens with two attached hydrogens (primary N) is 1. The molecule has 0 aliphatic heterocycles. The van der Waals surface area contributed by atoms with E-state index in [-0.39, 0.29) is 18.7 Å². The zero-order chi connectivity index (χ0) is 20.2. The number of rotatable bonds is 6. The number of hydrogen-bond acceptors (Lipinski definition) is 3. The fourth-order valence-corrected chi connectivity index (χ4v) is 2.35. The molecule has 1 heterocycles. The van der Waals surface area contributed by atoms with Crippen molar-refractivity contribution in [2.75, 3.05) is 11.4 Å². The lowest BCUT2D eigenvalue weighted by Crippen LogP contribution is -2.39. The Balaban J connectivity index is 2.32. The molecule has 2 aromatic rings. The molecule has 0 aliphatic rings. The first-order chi connectivity index (χ1) is 12.6. The Morgan fingerprint density at radius 3 is 2.30 bits per heavy atom. The molecule has 10 heteroatoms. The number of anilines is 1. The van der Waals surface area contributed by atoms with E-state index in [2.05, 4.69) is 0 Å². The topological polar surface area (TPSA) is 85.4 Å². The first-order valence-corrected chi connectivity index (χ1v) is 7.70. The number of amides is 2. The molecule has 2 amide bonds. The molecule has 0 radical (unpaired) electrons. The molecular weight excluding hydrogens is 370 g/mol. The summed E-state index contributed by atoms with van der Waals surface area (Å²) in [5.74, 6) is -2.02. The molecule has 1 aromatic heterocycles. The largest absolute Gasteiger partial charge is 0.421 e. The van der Waals surface area contributed by atoms with Gasteiger partial charge in [-0.05, 0) is 36.4 Å². The number of alkyl halides is 3. The SMILES string of the molecule is NC(=O)CCN(C(=O)Cn1cccc(C(F)(F)F)c1=O)c1ccc(F)cc1. The first kappa shape index (κ1) is 20.1. The Bertz CT molecular complexity index is 892. The highest BCUT2D eigenvalue weighted by Crippen LogP contribution is 2.26. The first-order valence-electron chi connectivity index (χ1n) is 7.70. The zero-order valence-electron chi connectivity index (χ0n) is 13.9. The predicted molar refractivity (Wildman–Crippen MR) is 88.3 cm³/mol. The van der Waals surface area contributed by atoms with Gasteiger partial charge in [0.05, 0.1) is 0 Å². The van der Waals surface area contributed by atoms with E-state index < -0.39 is 41.5 Å². The van der Waals surface area contributed by atoms with Crippen LogP contribution in [0.25, 0.3) is 0 Å². The minimum atomic E-state index is -4.86. The van der Waals surface area contributed by atoms with Crippen molar-refractivity contribution in [1.29, 1.82) is 0 Å². The van der Waals surface area contributed by atoms with E-state index >= 15 is 0 Å². The normalized spacial score (nSPS) is 11.3. The summed E-state index contributed by atoms with van der Waals surface area (Å²) in [6.07, 6.45) is -4.03. The Morgan fingerprint density at radius 2 is 1.74 bits per heavy atom. The number of halogens is 4. The van der Waals surface area contributed by atoms with E-state index in [1.807, 2.05) is 0 Å². The average molecular weight is 385 g/mol. The van der Waals surface area contributed by atoms with Gasteiger partial charge >= 0.3 is 6.18 Å². The lowest BCUT2D eigenvalue weighted by atomic mass is 10.2. The second-order valence-electron chi connectivity index (χ2n) is 5.59. The third-order valence-corrected chi connectivity index (χ3v) is 3.65. The van der Waals surface area contributed by atoms with Crippen LogP contribution in [0.15, 0.2) is 47.4 Å². The molecule has 2 rings (SSSR count). The van der Waals surface area contributed by atoms with Gasteiger partial charge in [0.2, 0.25) is 11.8 Å². The molecule has 144 valence electrons. The van der Waals surface area contributed by atoms with Gasteiger partial charge < -0.3 is 15.2 Å². The molecule has 0 bridgehead atoms. The van der Waals surface area contributed by atoms with E-state index in [0.29, 0.717) is 10.6 Å². The molecule has 6 nitrogen and oxygen atoms in total. The molecule has 1 aromatic carbocycles. The fraction of sp³-hybridized carbons (Fsp3) is 0.235. The van der Waals surface area contributed by atoms with Gasteiger partial charge in [-0.15, -0.1) is 0 Å². The van der Waals surface area contributed by atoms with E-state index in [4.69, 9.17) is 5.73 Å². The summed E-state index contributed by atoms with van der Waals surface area (Å²) in [7, 11) is 0. The molecule has 27 heavy (non-hydrogen) atoms. The second kappa shape index (κ2) is 8.02. The second-order valence-corrected chi connectivity index (χ2v) is 5.59. The smallest absolute Gasteiger partial charge is 0.370 e. The summed E-state index contributed by atoms with van der Waals surface area (Å²) >= 11 is 0. The van der Waals surface area contributed by atoms with Gasteiger partial charge in [-0.3, -0.25) is 14.4 Å². The lowest BCUT2D eigenvalue weighted by Gasteiger charge is -2.23. The van der Waals surface area contributed by atoms with Gasteiger partial charge in [-0.25, -0.2) is 4.39 Å². The molecule has 0 unspecified atom stereocenters. The zero-order valence-corrected chi connectivity index (χ0v) is 13.9. The van der Waals surface area contributed by atoms with Crippen LogP contribution in [0, 0.1) is 5.82 Å². The van der Waals surface area contributed by atoms with Gasteiger partial charge in [-0.1, -0.05) is 0 Å². The van der Waals surface area contributed by atoms with Crippen LogP contribution in [0.4, 0.5) is 23.2 Å². The van der Waals surface area contributed by atoms with Crippen LogP contribution in [-0.2, 0) is 22.3 Å². The van der Waals surface area contributed by atoms with Crippen molar-refractivity contribution in [3.63, 3.8) is 0 Å². The van der Waals surface area contributed by atoms with Gasteiger partial charge in [0.25, 0.3) is 5.56 Å². The molecule has 2 N–H and O–H groups in total. The maximum absolute atomic E-state index is 13.1. The summed E-state index contributed by atoms with van der Waals surface area (Å²) in [5, 5.41) is 0. The maximum Gasteiger partial charge on any atom is 0.421 e. The van der Waals surface area contributed by atoms with Crippen LogP contribution >= 0.6 is 0 Å². The van der Waals surface area contributed by atoms with Crippen molar-refractivity contribution < 1.29 is 27.2 Å². The molecule has 0 saturated heterocycles. The highest BCUT2D eigenvalue weighted by Gasteiger charge is 2.34. The van der Waals surface area contributed by atoms with Gasteiger partial charge in [-0.2, -0.15) is 13.2 Å². The monoisotopic (exact) mass is 385 g/mol. The molecule has 0 aliphatic carbocycles. The summed E-state index contributed by atoms with van der Waals surface area (Å²) in [6.45, 7) is -0.869. The lowest BCUT2D eigenvalue weighted by molar-refractivity contribution is -0.139. The number of hydrogen-bond donors (Lipinski definition) is 1. The number of pyridine rings is 1. The summed E-state index contributed by atoms with van der Waals surface area (Å²) < 4.78 is 52.2. The summed E-state index contributed by atoms with van der Waals surface area (Å²) in [6, 6.07) is 6.32. The Labute approximate surface area is 150 Å². The third-order valence-electron chi connectivity index (χ3n) is 3.65. The minimum Gasteiger partial charge on any atom is -0.370 e. The Hall–Kier alpha value is -3.17. The minimum absolute atomic E-state index is 0.173. The van der Waals surface area contributed by atoms with Gasteiger partial charge in [0.15, 0.2) is 0 Å². The van der Waals surface area contributed by atoms with E-state index in [1.165, 1.54) is 12.1 Å². The van der Waals surface area contributed by atoms with Crippen molar-refractivity contribution >= 4 is 17.5 Å². The highest BCUT2D eigenvalue weighted by molar-refractivity contribution is 5.93. The number of aromatic nitrogens is 1. The highest BCUT2D eigenvalue weighted by atomic mass is 19.4. The van der Waals surface area contributed by atoms with Crippen LogP contribution in [0.3, 0.4) is 0 Å².